The largest absolute Gasteiger partial charge is 0.483 e. The van der Waals surface area contributed by atoms with Crippen LogP contribution in [0.3, 0.4) is 0 Å². The Labute approximate surface area is 201 Å². The van der Waals surface area contributed by atoms with Gasteiger partial charge in [-0.3, -0.25) is 9.59 Å². The molecule has 3 aromatic carbocycles. The molecule has 32 heavy (non-hydrogen) atoms. The average molecular weight is 518 g/mol. The van der Waals surface area contributed by atoms with E-state index >= 15 is 0 Å². The number of nitrogens with one attached hydrogen (secondary N) is 1. The number of hydrogen-bond acceptors (Lipinski definition) is 3. The number of ether oxygens (including phenoxy) is 1. The number of benzene rings is 3. The topological polar surface area (TPSA) is 58.6 Å². The summed E-state index contributed by atoms with van der Waals surface area (Å²) in [7, 11) is 0. The van der Waals surface area contributed by atoms with Gasteiger partial charge in [0.15, 0.2) is 6.61 Å². The lowest BCUT2D eigenvalue weighted by atomic mass is 10.1. The van der Waals surface area contributed by atoms with E-state index in [1.807, 2.05) is 68.4 Å². The minimum atomic E-state index is -0.623. The number of carbonyl (C=O) groups is 2. The predicted octanol–water partition coefficient (Wildman–Crippen LogP) is 5.58. The Balaban J connectivity index is 1.83. The second-order valence-corrected chi connectivity index (χ2v) is 8.52. The van der Waals surface area contributed by atoms with E-state index in [9.17, 15) is 9.59 Å². The Morgan fingerprint density at radius 1 is 1.06 bits per heavy atom. The molecule has 0 aliphatic heterocycles. The molecule has 0 saturated carbocycles. The second kappa shape index (κ2) is 11.3. The minimum Gasteiger partial charge on any atom is -0.483 e. The average Bonchev–Trinajstić information content (AvgIpc) is 2.80. The molecule has 1 atom stereocenters. The summed E-state index contributed by atoms with van der Waals surface area (Å²) in [4.78, 5) is 27.5. The van der Waals surface area contributed by atoms with Gasteiger partial charge in [0.2, 0.25) is 5.91 Å². The molecule has 0 aromatic heterocycles. The van der Waals surface area contributed by atoms with E-state index in [4.69, 9.17) is 16.3 Å². The van der Waals surface area contributed by atoms with E-state index in [0.29, 0.717) is 23.7 Å². The van der Waals surface area contributed by atoms with Gasteiger partial charge in [0.25, 0.3) is 5.91 Å². The van der Waals surface area contributed by atoms with Crippen LogP contribution in [0.1, 0.15) is 25.8 Å². The van der Waals surface area contributed by atoms with E-state index in [1.54, 1.807) is 11.0 Å². The molecule has 0 aliphatic carbocycles. The van der Waals surface area contributed by atoms with E-state index < -0.39 is 6.04 Å². The lowest BCUT2D eigenvalue weighted by Crippen LogP contribution is -2.50. The molecule has 1 N–H and O–H groups in total. The van der Waals surface area contributed by atoms with Gasteiger partial charge >= 0.3 is 0 Å². The maximum absolute atomic E-state index is 13.3. The lowest BCUT2D eigenvalue weighted by Gasteiger charge is -2.30. The fourth-order valence-corrected chi connectivity index (χ4v) is 4.37. The third-order valence-corrected chi connectivity index (χ3v) is 6.40. The summed E-state index contributed by atoms with van der Waals surface area (Å²) in [6, 6.07) is 18.4. The van der Waals surface area contributed by atoms with Crippen LogP contribution in [0.4, 0.5) is 0 Å². The molecule has 0 fully saturated rings. The molecule has 0 heterocycles. The zero-order valence-electron chi connectivity index (χ0n) is 18.1. The highest BCUT2D eigenvalue weighted by Gasteiger charge is 2.29. The first-order chi connectivity index (χ1) is 15.5. The van der Waals surface area contributed by atoms with Gasteiger partial charge in [0.05, 0.1) is 4.47 Å². The van der Waals surface area contributed by atoms with Crippen molar-refractivity contribution in [3.05, 3.63) is 75.7 Å². The van der Waals surface area contributed by atoms with Gasteiger partial charge in [-0.2, -0.15) is 0 Å². The van der Waals surface area contributed by atoms with Crippen molar-refractivity contribution in [3.63, 3.8) is 0 Å². The van der Waals surface area contributed by atoms with Crippen LogP contribution in [0.25, 0.3) is 10.8 Å². The maximum Gasteiger partial charge on any atom is 0.261 e. The van der Waals surface area contributed by atoms with Crippen LogP contribution in [0.5, 0.6) is 5.75 Å². The summed E-state index contributed by atoms with van der Waals surface area (Å²) in [6.45, 7) is 4.25. The quantitative estimate of drug-likeness (QED) is 0.403. The first kappa shape index (κ1) is 24.1. The second-order valence-electron chi connectivity index (χ2n) is 7.32. The van der Waals surface area contributed by atoms with Crippen molar-refractivity contribution in [2.75, 3.05) is 13.2 Å². The molecule has 168 valence electrons. The van der Waals surface area contributed by atoms with Crippen LogP contribution < -0.4 is 10.1 Å². The lowest BCUT2D eigenvalue weighted by molar-refractivity contribution is -0.142. The summed E-state index contributed by atoms with van der Waals surface area (Å²) in [5.41, 5.74) is 0.775. The number of halogens is 2. The molecule has 0 unspecified atom stereocenters. The molecular formula is C25H26BrClN2O3. The summed E-state index contributed by atoms with van der Waals surface area (Å²) in [5.74, 6) is 0.0890. The fraction of sp³-hybridized carbons (Fsp3) is 0.280. The van der Waals surface area contributed by atoms with Crippen molar-refractivity contribution in [1.29, 1.82) is 0 Å². The Morgan fingerprint density at radius 3 is 2.50 bits per heavy atom. The number of nitrogens with zero attached hydrogens (tertiary/aromatic N) is 1. The molecular weight excluding hydrogens is 492 g/mol. The Bertz CT molecular complexity index is 1110. The Morgan fingerprint density at radius 2 is 1.78 bits per heavy atom. The van der Waals surface area contributed by atoms with E-state index in [0.717, 1.165) is 20.8 Å². The van der Waals surface area contributed by atoms with Crippen LogP contribution in [0.15, 0.2) is 65.1 Å². The number of fused-ring (bicyclic) bond motifs is 1. The molecule has 7 heteroatoms. The smallest absolute Gasteiger partial charge is 0.261 e. The fourth-order valence-electron chi connectivity index (χ4n) is 3.57. The van der Waals surface area contributed by atoms with Gasteiger partial charge < -0.3 is 15.0 Å². The van der Waals surface area contributed by atoms with Crippen molar-refractivity contribution >= 4 is 50.1 Å². The van der Waals surface area contributed by atoms with E-state index in [2.05, 4.69) is 21.2 Å². The molecule has 2 amide bonds. The normalized spacial score (nSPS) is 11.8. The number of hydrogen-bond donors (Lipinski definition) is 1. The van der Waals surface area contributed by atoms with Crippen LogP contribution in [0, 0.1) is 0 Å². The number of rotatable bonds is 9. The first-order valence-electron chi connectivity index (χ1n) is 10.6. The van der Waals surface area contributed by atoms with Crippen molar-refractivity contribution in [3.8, 4) is 5.75 Å². The van der Waals surface area contributed by atoms with Crippen molar-refractivity contribution in [1.82, 2.24) is 10.2 Å². The SMILES string of the molecule is CCNC(=O)[C@@H](CC)N(Cc1ccccc1Cl)C(=O)COc1ccc2ccccc2c1Br. The maximum atomic E-state index is 13.3. The third-order valence-electron chi connectivity index (χ3n) is 5.21. The summed E-state index contributed by atoms with van der Waals surface area (Å²) < 4.78 is 6.68. The molecule has 3 rings (SSSR count). The van der Waals surface area contributed by atoms with Crippen LogP contribution >= 0.6 is 27.5 Å². The van der Waals surface area contributed by atoms with Gasteiger partial charge in [-0.25, -0.2) is 0 Å². The summed E-state index contributed by atoms with van der Waals surface area (Å²) in [5, 5.41) is 5.44. The molecule has 0 bridgehead atoms. The van der Waals surface area contributed by atoms with E-state index in [-0.39, 0.29) is 25.0 Å². The Hall–Kier alpha value is -2.57. The first-order valence-corrected chi connectivity index (χ1v) is 11.7. The van der Waals surface area contributed by atoms with Crippen molar-refractivity contribution in [2.24, 2.45) is 0 Å². The minimum absolute atomic E-state index is 0.192. The molecule has 5 nitrogen and oxygen atoms in total. The number of likely N-dealkylation sites (N-methyl/N-ethyl adjacent to an activating group) is 1. The predicted molar refractivity (Wildman–Crippen MR) is 132 cm³/mol. The molecule has 0 aliphatic rings. The van der Waals surface area contributed by atoms with Crippen LogP contribution in [-0.2, 0) is 16.1 Å². The van der Waals surface area contributed by atoms with Gasteiger partial charge in [-0.15, -0.1) is 0 Å². The highest BCUT2D eigenvalue weighted by atomic mass is 79.9. The summed E-state index contributed by atoms with van der Waals surface area (Å²) >= 11 is 9.92. The zero-order chi connectivity index (χ0) is 23.1. The Kier molecular flexibility index (Phi) is 8.53. The third kappa shape index (κ3) is 5.61. The van der Waals surface area contributed by atoms with Crippen molar-refractivity contribution < 1.29 is 14.3 Å². The highest BCUT2D eigenvalue weighted by molar-refractivity contribution is 9.10. The number of amides is 2. The van der Waals surface area contributed by atoms with Crippen LogP contribution in [0.2, 0.25) is 5.02 Å². The highest BCUT2D eigenvalue weighted by Crippen LogP contribution is 2.33. The van der Waals surface area contributed by atoms with Gasteiger partial charge in [0.1, 0.15) is 11.8 Å². The molecule has 0 radical (unpaired) electrons. The standard InChI is InChI=1S/C25H26BrClN2O3/c1-3-21(25(31)28-4-2)29(15-18-10-6-8-12-20(18)27)23(30)16-32-22-14-13-17-9-5-7-11-19(17)24(22)26/h5-14,21H,3-4,15-16H2,1-2H3,(H,28,31)/t21-/m1/s1. The van der Waals surface area contributed by atoms with Gasteiger partial charge in [-0.05, 0) is 57.7 Å². The van der Waals surface area contributed by atoms with Crippen LogP contribution in [-0.4, -0.2) is 35.9 Å². The summed E-state index contributed by atoms with van der Waals surface area (Å²) in [6.07, 6.45) is 0.474. The van der Waals surface area contributed by atoms with Crippen molar-refractivity contribution in [2.45, 2.75) is 32.9 Å². The number of carbonyl (C=O) groups excluding carboxylic acids is 2. The molecule has 0 spiro atoms. The van der Waals surface area contributed by atoms with Gasteiger partial charge in [-0.1, -0.05) is 67.1 Å². The zero-order valence-corrected chi connectivity index (χ0v) is 20.4. The monoisotopic (exact) mass is 516 g/mol. The molecule has 0 saturated heterocycles. The molecule has 3 aromatic rings. The van der Waals surface area contributed by atoms with E-state index in [1.165, 1.54) is 0 Å². The van der Waals surface area contributed by atoms with Gasteiger partial charge in [0, 0.05) is 18.1 Å².